The molecule has 7 heteroatoms. The topological polar surface area (TPSA) is 78.4 Å². The number of hydrogen-bond donors (Lipinski definition) is 3. The molecule has 1 atom stereocenters. The normalized spacial score (nSPS) is 11.8. The Kier molecular flexibility index (Phi) is 6.44. The molecule has 0 fully saturated rings. The van der Waals surface area contributed by atoms with E-state index in [1.54, 1.807) is 19.1 Å². The van der Waals surface area contributed by atoms with E-state index in [-0.39, 0.29) is 24.8 Å². The fourth-order valence-electron chi connectivity index (χ4n) is 1.64. The molecule has 1 rings (SSSR count). The van der Waals surface area contributed by atoms with E-state index in [2.05, 4.69) is 26.6 Å². The van der Waals surface area contributed by atoms with Gasteiger partial charge in [-0.3, -0.25) is 4.79 Å². The van der Waals surface area contributed by atoms with Gasteiger partial charge in [-0.1, -0.05) is 15.9 Å². The lowest BCUT2D eigenvalue weighted by Crippen LogP contribution is -2.42. The number of carbonyl (C=O) groups excluding carboxylic acids is 1. The van der Waals surface area contributed by atoms with Crippen molar-refractivity contribution in [3.8, 4) is 0 Å². The van der Waals surface area contributed by atoms with Crippen molar-refractivity contribution in [2.24, 2.45) is 0 Å². The number of carbonyl (C=O) groups is 2. The van der Waals surface area contributed by atoms with Gasteiger partial charge in [-0.2, -0.15) is 0 Å². The van der Waals surface area contributed by atoms with Crippen molar-refractivity contribution in [2.75, 3.05) is 6.54 Å². The van der Waals surface area contributed by atoms with Crippen molar-refractivity contribution >= 4 is 27.9 Å². The molecule has 0 saturated heterocycles. The maximum atomic E-state index is 13.5. The van der Waals surface area contributed by atoms with E-state index in [1.165, 1.54) is 6.07 Å². The predicted octanol–water partition coefficient (Wildman–Crippen LogP) is 2.29. The Balaban J connectivity index is 2.42. The van der Waals surface area contributed by atoms with Crippen LogP contribution in [0.1, 0.15) is 18.9 Å². The first kappa shape index (κ1) is 16.4. The second kappa shape index (κ2) is 7.84. The highest BCUT2D eigenvalue weighted by Gasteiger charge is 2.11. The molecule has 5 nitrogen and oxygen atoms in total. The Bertz CT molecular complexity index is 497. The van der Waals surface area contributed by atoms with Crippen molar-refractivity contribution in [3.63, 3.8) is 0 Å². The average molecular weight is 347 g/mol. The first-order valence-corrected chi connectivity index (χ1v) is 6.88. The summed E-state index contributed by atoms with van der Waals surface area (Å²) in [5, 5.41) is 13.5. The third-order valence-corrected chi connectivity index (χ3v) is 3.03. The van der Waals surface area contributed by atoms with E-state index in [0.29, 0.717) is 12.0 Å². The van der Waals surface area contributed by atoms with E-state index in [1.807, 2.05) is 0 Å². The zero-order chi connectivity index (χ0) is 15.1. The molecule has 2 amide bonds. The molecule has 3 N–H and O–H groups in total. The first-order chi connectivity index (χ1) is 9.38. The number of halogens is 2. The largest absolute Gasteiger partial charge is 0.481 e. The van der Waals surface area contributed by atoms with E-state index in [4.69, 9.17) is 5.11 Å². The van der Waals surface area contributed by atoms with Crippen LogP contribution in [0.4, 0.5) is 9.18 Å². The quantitative estimate of drug-likeness (QED) is 0.739. The maximum absolute atomic E-state index is 13.5. The molecule has 0 bridgehead atoms. The molecule has 0 spiro atoms. The van der Waals surface area contributed by atoms with Gasteiger partial charge < -0.3 is 15.7 Å². The lowest BCUT2D eigenvalue weighted by molar-refractivity contribution is -0.136. The monoisotopic (exact) mass is 346 g/mol. The van der Waals surface area contributed by atoms with Crippen LogP contribution in [0.3, 0.4) is 0 Å². The number of rotatable bonds is 6. The molecule has 110 valence electrons. The number of urea groups is 1. The third-order valence-electron chi connectivity index (χ3n) is 2.54. The van der Waals surface area contributed by atoms with E-state index >= 15 is 0 Å². The van der Waals surface area contributed by atoms with Gasteiger partial charge in [0.15, 0.2) is 0 Å². The molecule has 0 aliphatic heterocycles. The number of aliphatic carboxylic acids is 1. The van der Waals surface area contributed by atoms with Crippen LogP contribution < -0.4 is 10.6 Å². The van der Waals surface area contributed by atoms with Crippen molar-refractivity contribution < 1.29 is 19.1 Å². The average Bonchev–Trinajstić information content (AvgIpc) is 2.33. The number of nitrogens with one attached hydrogen (secondary N) is 2. The molecule has 0 heterocycles. The fourth-order valence-corrected chi connectivity index (χ4v) is 2.05. The zero-order valence-corrected chi connectivity index (χ0v) is 12.5. The van der Waals surface area contributed by atoms with Gasteiger partial charge in [-0.05, 0) is 37.1 Å². The van der Waals surface area contributed by atoms with Crippen LogP contribution in [0, 0.1) is 5.82 Å². The predicted molar refractivity (Wildman–Crippen MR) is 76.1 cm³/mol. The minimum atomic E-state index is -0.977. The Morgan fingerprint density at radius 3 is 2.80 bits per heavy atom. The molecule has 0 aliphatic rings. The van der Waals surface area contributed by atoms with Crippen LogP contribution in [-0.4, -0.2) is 29.7 Å². The summed E-state index contributed by atoms with van der Waals surface area (Å²) in [7, 11) is 0. The molecule has 1 aromatic rings. The Hall–Kier alpha value is -1.63. The third kappa shape index (κ3) is 6.01. The van der Waals surface area contributed by atoms with Crippen LogP contribution in [0.15, 0.2) is 22.7 Å². The van der Waals surface area contributed by atoms with Crippen LogP contribution in [0.5, 0.6) is 0 Å². The Labute approximate surface area is 124 Å². The van der Waals surface area contributed by atoms with Crippen molar-refractivity contribution in [3.05, 3.63) is 34.1 Å². The van der Waals surface area contributed by atoms with Gasteiger partial charge in [0.1, 0.15) is 5.82 Å². The van der Waals surface area contributed by atoms with Gasteiger partial charge in [0, 0.05) is 17.1 Å². The number of hydrogen-bond acceptors (Lipinski definition) is 2. The summed E-state index contributed by atoms with van der Waals surface area (Å²) in [6.07, 6.45) is 0.208. The maximum Gasteiger partial charge on any atom is 0.315 e. The molecular formula is C13H16BrFN2O3. The SMILES string of the molecule is CC(Cc1cc(Br)ccc1F)NC(=O)NCCC(=O)O. The summed E-state index contributed by atoms with van der Waals surface area (Å²) in [5.41, 5.74) is 0.498. The summed E-state index contributed by atoms with van der Waals surface area (Å²) in [6, 6.07) is 3.89. The van der Waals surface area contributed by atoms with E-state index in [9.17, 15) is 14.0 Å². The highest BCUT2D eigenvalue weighted by molar-refractivity contribution is 9.10. The molecule has 0 radical (unpaired) electrons. The van der Waals surface area contributed by atoms with Crippen molar-refractivity contribution in [2.45, 2.75) is 25.8 Å². The molecular weight excluding hydrogens is 331 g/mol. The molecule has 0 saturated carbocycles. The lowest BCUT2D eigenvalue weighted by Gasteiger charge is -2.15. The number of carboxylic acid groups (broad SMARTS) is 1. The zero-order valence-electron chi connectivity index (χ0n) is 11.0. The first-order valence-electron chi connectivity index (χ1n) is 6.08. The summed E-state index contributed by atoms with van der Waals surface area (Å²) in [4.78, 5) is 21.8. The van der Waals surface area contributed by atoms with Gasteiger partial charge in [0.25, 0.3) is 0 Å². The van der Waals surface area contributed by atoms with E-state index < -0.39 is 12.0 Å². The van der Waals surface area contributed by atoms with Crippen molar-refractivity contribution in [1.82, 2.24) is 10.6 Å². The number of benzene rings is 1. The van der Waals surface area contributed by atoms with Gasteiger partial charge in [0.2, 0.25) is 0 Å². The standard InChI is InChI=1S/C13H16BrFN2O3/c1-8(17-13(20)16-5-4-12(18)19)6-9-7-10(14)2-3-11(9)15/h2-3,7-8H,4-6H2,1H3,(H,18,19)(H2,16,17,20). The Morgan fingerprint density at radius 2 is 2.15 bits per heavy atom. The summed E-state index contributed by atoms with van der Waals surface area (Å²) < 4.78 is 14.3. The van der Waals surface area contributed by atoms with Crippen LogP contribution >= 0.6 is 15.9 Å². The molecule has 1 aromatic carbocycles. The summed E-state index contributed by atoms with van der Waals surface area (Å²) >= 11 is 3.26. The highest BCUT2D eigenvalue weighted by Crippen LogP contribution is 2.16. The fraction of sp³-hybridized carbons (Fsp3) is 0.385. The molecule has 0 aromatic heterocycles. The second-order valence-corrected chi connectivity index (χ2v) is 5.30. The van der Waals surface area contributed by atoms with E-state index in [0.717, 1.165) is 4.47 Å². The minimum absolute atomic E-state index is 0.0547. The van der Waals surface area contributed by atoms with Gasteiger partial charge >= 0.3 is 12.0 Å². The lowest BCUT2D eigenvalue weighted by atomic mass is 10.1. The minimum Gasteiger partial charge on any atom is -0.481 e. The molecule has 0 aliphatic carbocycles. The number of amides is 2. The molecule has 20 heavy (non-hydrogen) atoms. The van der Waals surface area contributed by atoms with Gasteiger partial charge in [-0.25, -0.2) is 9.18 Å². The highest BCUT2D eigenvalue weighted by atomic mass is 79.9. The van der Waals surface area contributed by atoms with Gasteiger partial charge in [0.05, 0.1) is 6.42 Å². The summed E-state index contributed by atoms with van der Waals surface area (Å²) in [5.74, 6) is -1.30. The van der Waals surface area contributed by atoms with Crippen LogP contribution in [0.2, 0.25) is 0 Å². The van der Waals surface area contributed by atoms with Crippen LogP contribution in [-0.2, 0) is 11.2 Å². The van der Waals surface area contributed by atoms with Crippen molar-refractivity contribution in [1.29, 1.82) is 0 Å². The van der Waals surface area contributed by atoms with Crippen LogP contribution in [0.25, 0.3) is 0 Å². The van der Waals surface area contributed by atoms with Gasteiger partial charge in [-0.15, -0.1) is 0 Å². The number of carboxylic acids is 1. The second-order valence-electron chi connectivity index (χ2n) is 4.38. The molecule has 1 unspecified atom stereocenters. The Morgan fingerprint density at radius 1 is 1.45 bits per heavy atom. The summed E-state index contributed by atoms with van der Waals surface area (Å²) in [6.45, 7) is 1.80. The smallest absolute Gasteiger partial charge is 0.315 e.